The summed E-state index contributed by atoms with van der Waals surface area (Å²) in [6.45, 7) is 7.11. The van der Waals surface area contributed by atoms with Crippen LogP contribution in [0, 0.1) is 17.9 Å². The van der Waals surface area contributed by atoms with Crippen molar-refractivity contribution in [1.82, 2.24) is 0 Å². The predicted octanol–water partition coefficient (Wildman–Crippen LogP) is 10.2. The van der Waals surface area contributed by atoms with Crippen molar-refractivity contribution in [3.63, 3.8) is 0 Å². The molecule has 3 aliphatic rings. The Morgan fingerprint density at radius 1 is 0.737 bits per heavy atom. The fourth-order valence-corrected chi connectivity index (χ4v) is 11.8. The molecule has 38 heavy (non-hydrogen) atoms. The molecule has 2 aromatic heterocycles. The van der Waals surface area contributed by atoms with E-state index >= 15 is 0 Å². The summed E-state index contributed by atoms with van der Waals surface area (Å²) in [4.78, 5) is 12.3. The van der Waals surface area contributed by atoms with E-state index in [1.54, 1.807) is 9.75 Å². The van der Waals surface area contributed by atoms with Crippen LogP contribution in [0.4, 0.5) is 5.69 Å². The number of hydrogen-bond donors (Lipinski definition) is 0. The van der Waals surface area contributed by atoms with Gasteiger partial charge in [-0.25, -0.2) is 4.85 Å². The zero-order chi connectivity index (χ0) is 25.6. The summed E-state index contributed by atoms with van der Waals surface area (Å²) < 4.78 is 0. The van der Waals surface area contributed by atoms with Gasteiger partial charge in [0.25, 0.3) is 0 Å². The smallest absolute Gasteiger partial charge is 0.187 e. The molecule has 0 amide bonds. The van der Waals surface area contributed by atoms with E-state index in [-0.39, 0.29) is 0 Å². The second-order valence-corrected chi connectivity index (χ2v) is 14.6. The molecule has 0 spiro atoms. The summed E-state index contributed by atoms with van der Waals surface area (Å²) in [5, 5.41) is 10.4. The number of thiophene rings is 2. The van der Waals surface area contributed by atoms with Crippen molar-refractivity contribution >= 4 is 76.2 Å². The topological polar surface area (TPSA) is 28.1 Å². The van der Waals surface area contributed by atoms with E-state index in [1.807, 2.05) is 71.2 Å². The number of benzene rings is 2. The molecular formula is C32H22N2S4. The largest absolute Gasteiger partial charge is 0.238 e. The van der Waals surface area contributed by atoms with Gasteiger partial charge in [-0.2, -0.15) is 5.26 Å². The summed E-state index contributed by atoms with van der Waals surface area (Å²) >= 11 is 8.17. The monoisotopic (exact) mass is 562 g/mol. The molecule has 184 valence electrons. The molecule has 1 aliphatic carbocycles. The Kier molecular flexibility index (Phi) is 6.30. The summed E-state index contributed by atoms with van der Waals surface area (Å²) in [7, 11) is 0. The Morgan fingerprint density at radius 2 is 1.24 bits per heavy atom. The lowest BCUT2D eigenvalue weighted by atomic mass is 9.80. The van der Waals surface area contributed by atoms with Crippen molar-refractivity contribution in [3.05, 3.63) is 108 Å². The van der Waals surface area contributed by atoms with Gasteiger partial charge in [-0.1, -0.05) is 48.6 Å². The van der Waals surface area contributed by atoms with E-state index in [0.717, 1.165) is 11.1 Å². The van der Waals surface area contributed by atoms with Crippen molar-refractivity contribution in [3.8, 4) is 6.07 Å². The Balaban J connectivity index is 1.03. The molecule has 4 heterocycles. The maximum Gasteiger partial charge on any atom is 0.187 e. The van der Waals surface area contributed by atoms with Crippen molar-refractivity contribution in [2.75, 3.05) is 0 Å². The van der Waals surface area contributed by atoms with Gasteiger partial charge < -0.3 is 0 Å². The van der Waals surface area contributed by atoms with Gasteiger partial charge in [0.15, 0.2) is 5.69 Å². The number of nitriles is 1. The SMILES string of the molecule is [C-]#[N+]c1ccc(/C=C/c2cc3c(s2)C2CC4Sc5cc(/C=C/c6ccc(C#N)cc6)sc5C4CC2S3)cc1. The summed E-state index contributed by atoms with van der Waals surface area (Å²) in [6, 6.07) is 22.5. The van der Waals surface area contributed by atoms with Crippen molar-refractivity contribution in [2.24, 2.45) is 0 Å². The Bertz CT molecular complexity index is 1530. The van der Waals surface area contributed by atoms with Crippen LogP contribution in [-0.2, 0) is 0 Å². The second kappa shape index (κ2) is 9.95. The summed E-state index contributed by atoms with van der Waals surface area (Å²) in [6.07, 6.45) is 11.3. The maximum absolute atomic E-state index is 9.00. The predicted molar refractivity (Wildman–Crippen MR) is 164 cm³/mol. The lowest BCUT2D eigenvalue weighted by molar-refractivity contribution is 0.435. The van der Waals surface area contributed by atoms with Gasteiger partial charge in [0, 0.05) is 51.6 Å². The van der Waals surface area contributed by atoms with Crippen LogP contribution >= 0.6 is 46.2 Å². The van der Waals surface area contributed by atoms with Crippen LogP contribution < -0.4 is 0 Å². The molecule has 2 aliphatic heterocycles. The molecule has 1 fully saturated rings. The lowest BCUT2D eigenvalue weighted by Crippen LogP contribution is -2.28. The van der Waals surface area contributed by atoms with E-state index in [0.29, 0.717) is 33.6 Å². The van der Waals surface area contributed by atoms with Gasteiger partial charge in [0.05, 0.1) is 18.2 Å². The molecule has 4 unspecified atom stereocenters. The fraction of sp³-hybridized carbons (Fsp3) is 0.188. The number of nitrogens with zero attached hydrogens (tertiary/aromatic N) is 2. The zero-order valence-corrected chi connectivity index (χ0v) is 23.6. The first-order valence-corrected chi connectivity index (χ1v) is 16.0. The van der Waals surface area contributed by atoms with Gasteiger partial charge >= 0.3 is 0 Å². The van der Waals surface area contributed by atoms with E-state index in [2.05, 4.69) is 70.9 Å². The van der Waals surface area contributed by atoms with Crippen LogP contribution in [-0.4, -0.2) is 10.5 Å². The molecule has 0 radical (unpaired) electrons. The molecule has 7 rings (SSSR count). The standard InChI is InChI=1S/C32H22N2S4/c1-34-22-10-6-20(7-11-22)9-13-24-15-30-32(36-24)26-17-27-25(16-28(26)38-30)31-29(37-27)14-23(35-31)12-8-19-2-4-21(18-33)5-3-19/h2-15,25-28H,16-17H2/b12-8+,13-9+. The van der Waals surface area contributed by atoms with E-state index in [1.165, 1.54) is 32.4 Å². The minimum atomic E-state index is 0.678. The fourth-order valence-electron chi connectivity index (χ4n) is 5.64. The van der Waals surface area contributed by atoms with Crippen LogP contribution in [0.3, 0.4) is 0 Å². The number of hydrogen-bond acceptors (Lipinski definition) is 5. The second-order valence-electron chi connectivity index (χ2n) is 9.86. The van der Waals surface area contributed by atoms with E-state index < -0.39 is 0 Å². The Morgan fingerprint density at radius 3 is 1.71 bits per heavy atom. The average Bonchev–Trinajstić information content (AvgIpc) is 3.69. The average molecular weight is 563 g/mol. The lowest BCUT2D eigenvalue weighted by Gasteiger charge is -2.33. The van der Waals surface area contributed by atoms with Crippen LogP contribution in [0.25, 0.3) is 29.1 Å². The molecule has 0 saturated heterocycles. The number of fused-ring (bicyclic) bond motifs is 6. The maximum atomic E-state index is 9.00. The van der Waals surface area contributed by atoms with Gasteiger partial charge in [-0.3, -0.25) is 0 Å². The number of thioether (sulfide) groups is 2. The third kappa shape index (κ3) is 4.46. The van der Waals surface area contributed by atoms with Crippen LogP contribution in [0.15, 0.2) is 70.5 Å². The highest BCUT2D eigenvalue weighted by Crippen LogP contribution is 2.63. The highest BCUT2D eigenvalue weighted by atomic mass is 32.2. The molecular weight excluding hydrogens is 541 g/mol. The first-order chi connectivity index (χ1) is 18.7. The minimum absolute atomic E-state index is 0.678. The molecule has 1 saturated carbocycles. The third-order valence-electron chi connectivity index (χ3n) is 7.53. The van der Waals surface area contributed by atoms with E-state index in [4.69, 9.17) is 11.8 Å². The molecule has 0 bridgehead atoms. The first-order valence-electron chi connectivity index (χ1n) is 12.6. The first kappa shape index (κ1) is 24.1. The molecule has 4 aromatic rings. The van der Waals surface area contributed by atoms with E-state index in [9.17, 15) is 0 Å². The minimum Gasteiger partial charge on any atom is -0.238 e. The number of rotatable bonds is 4. The molecule has 2 nitrogen and oxygen atoms in total. The van der Waals surface area contributed by atoms with Crippen LogP contribution in [0.5, 0.6) is 0 Å². The van der Waals surface area contributed by atoms with Gasteiger partial charge in [0.1, 0.15) is 0 Å². The summed E-state index contributed by atoms with van der Waals surface area (Å²) in [5.41, 5.74) is 3.65. The van der Waals surface area contributed by atoms with Gasteiger partial charge in [-0.15, -0.1) is 46.2 Å². The molecule has 2 aromatic carbocycles. The van der Waals surface area contributed by atoms with Crippen molar-refractivity contribution < 1.29 is 0 Å². The van der Waals surface area contributed by atoms with Crippen LogP contribution in [0.2, 0.25) is 0 Å². The van der Waals surface area contributed by atoms with Crippen LogP contribution in [0.1, 0.15) is 60.9 Å². The third-order valence-corrected chi connectivity index (χ3v) is 13.1. The Labute approximate surface area is 239 Å². The molecule has 0 N–H and O–H groups in total. The van der Waals surface area contributed by atoms with Gasteiger partial charge in [0.2, 0.25) is 0 Å². The summed E-state index contributed by atoms with van der Waals surface area (Å²) in [5.74, 6) is 1.36. The molecule has 6 heteroatoms. The quantitative estimate of drug-likeness (QED) is 0.232. The Hall–Kier alpha value is -3.00. The normalized spacial score (nSPS) is 23.1. The molecule has 4 atom stereocenters. The highest BCUT2D eigenvalue weighted by Gasteiger charge is 2.48. The van der Waals surface area contributed by atoms with Crippen molar-refractivity contribution in [2.45, 2.75) is 45.0 Å². The zero-order valence-electron chi connectivity index (χ0n) is 20.3. The highest BCUT2D eigenvalue weighted by molar-refractivity contribution is 8.01. The van der Waals surface area contributed by atoms with Crippen molar-refractivity contribution in [1.29, 1.82) is 5.26 Å². The van der Waals surface area contributed by atoms with Gasteiger partial charge in [-0.05, 0) is 60.4 Å².